The van der Waals surface area contributed by atoms with Crippen molar-refractivity contribution in [1.82, 2.24) is 4.57 Å². The summed E-state index contributed by atoms with van der Waals surface area (Å²) in [6, 6.07) is 38.3. The maximum atomic E-state index is 3.52. The zero-order chi connectivity index (χ0) is 19.5. The van der Waals surface area contributed by atoms with E-state index in [0.717, 1.165) is 17.9 Å². The van der Waals surface area contributed by atoms with Crippen LogP contribution in [0.3, 0.4) is 0 Å². The molecule has 5 rings (SSSR count). The van der Waals surface area contributed by atoms with Crippen LogP contribution in [0.4, 0.5) is 11.4 Å². The highest BCUT2D eigenvalue weighted by atomic mass is 15.0. The van der Waals surface area contributed by atoms with Gasteiger partial charge in [0.15, 0.2) is 0 Å². The van der Waals surface area contributed by atoms with Gasteiger partial charge >= 0.3 is 0 Å². The number of hydrogen-bond donors (Lipinski definition) is 1. The summed E-state index contributed by atoms with van der Waals surface area (Å²) < 4.78 is 2.29. The standard InChI is InChI=1S/C27H22N2/c1-3-7-21(8-4-1)20-29-18-17-24-19-26(15-16-27(24)29)28-25-13-11-23(12-14-25)22-9-5-2-6-10-22/h1-19,28H,20H2. The highest BCUT2D eigenvalue weighted by molar-refractivity contribution is 5.85. The van der Waals surface area contributed by atoms with Gasteiger partial charge in [0, 0.05) is 35.0 Å². The van der Waals surface area contributed by atoms with Crippen LogP contribution < -0.4 is 5.32 Å². The molecule has 1 N–H and O–H groups in total. The van der Waals surface area contributed by atoms with Crippen molar-refractivity contribution in [2.24, 2.45) is 0 Å². The smallest absolute Gasteiger partial charge is 0.0484 e. The Hall–Kier alpha value is -3.78. The maximum Gasteiger partial charge on any atom is 0.0484 e. The van der Waals surface area contributed by atoms with Crippen LogP contribution in [0.15, 0.2) is 115 Å². The number of benzene rings is 4. The van der Waals surface area contributed by atoms with E-state index in [2.05, 4.69) is 119 Å². The second kappa shape index (κ2) is 7.69. The minimum Gasteiger partial charge on any atom is -0.356 e. The number of fused-ring (bicyclic) bond motifs is 1. The topological polar surface area (TPSA) is 17.0 Å². The fourth-order valence-corrected chi connectivity index (χ4v) is 3.74. The molecule has 0 radical (unpaired) electrons. The van der Waals surface area contributed by atoms with Crippen LogP contribution in [-0.4, -0.2) is 4.57 Å². The minimum atomic E-state index is 0.887. The summed E-state index contributed by atoms with van der Waals surface area (Å²) in [6.45, 7) is 0.887. The molecule has 0 aliphatic carbocycles. The van der Waals surface area contributed by atoms with Crippen LogP contribution in [0.25, 0.3) is 22.0 Å². The predicted molar refractivity (Wildman–Crippen MR) is 123 cm³/mol. The fraction of sp³-hybridized carbons (Fsp3) is 0.0370. The van der Waals surface area contributed by atoms with Gasteiger partial charge in [-0.05, 0) is 53.1 Å². The second-order valence-corrected chi connectivity index (χ2v) is 7.27. The molecule has 1 heterocycles. The number of nitrogens with one attached hydrogen (secondary N) is 1. The van der Waals surface area contributed by atoms with E-state index in [4.69, 9.17) is 0 Å². The lowest BCUT2D eigenvalue weighted by molar-refractivity contribution is 0.837. The molecule has 0 aliphatic rings. The van der Waals surface area contributed by atoms with E-state index in [0.29, 0.717) is 0 Å². The van der Waals surface area contributed by atoms with Gasteiger partial charge in [0.05, 0.1) is 0 Å². The van der Waals surface area contributed by atoms with Gasteiger partial charge in [0.25, 0.3) is 0 Å². The van der Waals surface area contributed by atoms with Crippen molar-refractivity contribution in [3.05, 3.63) is 121 Å². The first-order valence-corrected chi connectivity index (χ1v) is 9.90. The average Bonchev–Trinajstić information content (AvgIpc) is 3.17. The van der Waals surface area contributed by atoms with Gasteiger partial charge in [-0.1, -0.05) is 72.8 Å². The summed E-state index contributed by atoms with van der Waals surface area (Å²) in [4.78, 5) is 0. The SMILES string of the molecule is c1ccc(Cn2ccc3cc(Nc4ccc(-c5ccccc5)cc4)ccc32)cc1. The van der Waals surface area contributed by atoms with Crippen molar-refractivity contribution in [3.8, 4) is 11.1 Å². The molecular weight excluding hydrogens is 352 g/mol. The summed E-state index contributed by atoms with van der Waals surface area (Å²) >= 11 is 0. The predicted octanol–water partition coefficient (Wildman–Crippen LogP) is 7.10. The van der Waals surface area contributed by atoms with E-state index < -0.39 is 0 Å². The van der Waals surface area contributed by atoms with Crippen LogP contribution in [-0.2, 0) is 6.54 Å². The Morgan fingerprint density at radius 3 is 2.00 bits per heavy atom. The van der Waals surface area contributed by atoms with E-state index in [-0.39, 0.29) is 0 Å². The molecule has 0 unspecified atom stereocenters. The molecule has 0 atom stereocenters. The maximum absolute atomic E-state index is 3.52. The van der Waals surface area contributed by atoms with Gasteiger partial charge in [0.2, 0.25) is 0 Å². The molecule has 2 heteroatoms. The Bertz CT molecular complexity index is 1220. The first kappa shape index (κ1) is 17.3. The zero-order valence-corrected chi connectivity index (χ0v) is 16.1. The van der Waals surface area contributed by atoms with Gasteiger partial charge in [-0.25, -0.2) is 0 Å². The highest BCUT2D eigenvalue weighted by Gasteiger charge is 2.04. The Labute approximate surface area is 171 Å². The molecule has 29 heavy (non-hydrogen) atoms. The summed E-state index contributed by atoms with van der Waals surface area (Å²) in [5.41, 5.74) is 7.21. The molecule has 0 fully saturated rings. The molecule has 2 nitrogen and oxygen atoms in total. The third-order valence-corrected chi connectivity index (χ3v) is 5.25. The summed E-state index contributed by atoms with van der Waals surface area (Å²) in [5.74, 6) is 0. The molecule has 0 aliphatic heterocycles. The molecule has 5 aromatic rings. The number of anilines is 2. The molecule has 0 saturated heterocycles. The molecule has 140 valence electrons. The Morgan fingerprint density at radius 2 is 1.24 bits per heavy atom. The van der Waals surface area contributed by atoms with Crippen molar-refractivity contribution >= 4 is 22.3 Å². The average molecular weight is 374 g/mol. The third-order valence-electron chi connectivity index (χ3n) is 5.25. The van der Waals surface area contributed by atoms with Crippen molar-refractivity contribution in [2.75, 3.05) is 5.32 Å². The second-order valence-electron chi connectivity index (χ2n) is 7.27. The number of nitrogens with zero attached hydrogens (tertiary/aromatic N) is 1. The van der Waals surface area contributed by atoms with E-state index in [1.807, 2.05) is 6.07 Å². The third kappa shape index (κ3) is 3.78. The summed E-state index contributed by atoms with van der Waals surface area (Å²) in [7, 11) is 0. The Kier molecular flexibility index (Phi) is 4.59. The van der Waals surface area contributed by atoms with Crippen LogP contribution in [0.1, 0.15) is 5.56 Å². The van der Waals surface area contributed by atoms with Gasteiger partial charge in [0.1, 0.15) is 0 Å². The fourth-order valence-electron chi connectivity index (χ4n) is 3.74. The quantitative estimate of drug-likeness (QED) is 0.347. The van der Waals surface area contributed by atoms with E-state index in [1.54, 1.807) is 0 Å². The van der Waals surface area contributed by atoms with Gasteiger partial charge in [-0.15, -0.1) is 0 Å². The molecule has 0 bridgehead atoms. The van der Waals surface area contributed by atoms with Crippen molar-refractivity contribution in [2.45, 2.75) is 6.54 Å². The van der Waals surface area contributed by atoms with Gasteiger partial charge < -0.3 is 9.88 Å². The number of rotatable bonds is 5. The normalized spacial score (nSPS) is 10.9. The lowest BCUT2D eigenvalue weighted by Gasteiger charge is -2.09. The van der Waals surface area contributed by atoms with Crippen LogP contribution >= 0.6 is 0 Å². The van der Waals surface area contributed by atoms with Crippen LogP contribution in [0.2, 0.25) is 0 Å². The monoisotopic (exact) mass is 374 g/mol. The van der Waals surface area contributed by atoms with E-state index in [1.165, 1.54) is 27.6 Å². The van der Waals surface area contributed by atoms with E-state index in [9.17, 15) is 0 Å². The summed E-state index contributed by atoms with van der Waals surface area (Å²) in [6.07, 6.45) is 2.16. The van der Waals surface area contributed by atoms with E-state index >= 15 is 0 Å². The van der Waals surface area contributed by atoms with Gasteiger partial charge in [-0.3, -0.25) is 0 Å². The number of aromatic nitrogens is 1. The molecule has 4 aromatic carbocycles. The van der Waals surface area contributed by atoms with Gasteiger partial charge in [-0.2, -0.15) is 0 Å². The Morgan fingerprint density at radius 1 is 0.586 bits per heavy atom. The Balaban J connectivity index is 1.35. The first-order chi connectivity index (χ1) is 14.3. The largest absolute Gasteiger partial charge is 0.356 e. The molecule has 0 spiro atoms. The lowest BCUT2D eigenvalue weighted by atomic mass is 10.1. The van der Waals surface area contributed by atoms with Crippen LogP contribution in [0.5, 0.6) is 0 Å². The van der Waals surface area contributed by atoms with Crippen molar-refractivity contribution in [1.29, 1.82) is 0 Å². The first-order valence-electron chi connectivity index (χ1n) is 9.90. The zero-order valence-electron chi connectivity index (χ0n) is 16.1. The van der Waals surface area contributed by atoms with Crippen molar-refractivity contribution in [3.63, 3.8) is 0 Å². The lowest BCUT2D eigenvalue weighted by Crippen LogP contribution is -1.97. The minimum absolute atomic E-state index is 0.887. The molecule has 1 aromatic heterocycles. The molecule has 0 amide bonds. The molecular formula is C27H22N2. The molecule has 0 saturated carbocycles. The summed E-state index contributed by atoms with van der Waals surface area (Å²) in [5, 5.41) is 4.77. The van der Waals surface area contributed by atoms with Crippen molar-refractivity contribution < 1.29 is 0 Å². The number of hydrogen-bond acceptors (Lipinski definition) is 1. The highest BCUT2D eigenvalue weighted by Crippen LogP contribution is 2.26. The van der Waals surface area contributed by atoms with Crippen LogP contribution in [0, 0.1) is 0 Å².